The molecule has 1 saturated carbocycles. The van der Waals surface area contributed by atoms with Gasteiger partial charge < -0.3 is 5.32 Å². The maximum absolute atomic E-state index is 13.6. The third-order valence-electron chi connectivity index (χ3n) is 2.70. The van der Waals surface area contributed by atoms with E-state index in [0.717, 1.165) is 18.9 Å². The van der Waals surface area contributed by atoms with Gasteiger partial charge in [0.05, 0.1) is 5.69 Å². The first kappa shape index (κ1) is 14.6. The van der Waals surface area contributed by atoms with Gasteiger partial charge in [-0.2, -0.15) is 0 Å². The average Bonchev–Trinajstić information content (AvgIpc) is 3.20. The SMILES string of the molecule is CC.CCC(=O)Nc1cc(F)c(C2CC2)cc1F. The van der Waals surface area contributed by atoms with Crippen molar-refractivity contribution in [2.45, 2.75) is 46.0 Å². The zero-order valence-corrected chi connectivity index (χ0v) is 11.0. The smallest absolute Gasteiger partial charge is 0.224 e. The van der Waals surface area contributed by atoms with Gasteiger partial charge in [0.25, 0.3) is 0 Å². The van der Waals surface area contributed by atoms with Gasteiger partial charge in [-0.3, -0.25) is 4.79 Å². The molecule has 0 unspecified atom stereocenters. The van der Waals surface area contributed by atoms with E-state index in [4.69, 9.17) is 0 Å². The summed E-state index contributed by atoms with van der Waals surface area (Å²) in [6.07, 6.45) is 2.07. The molecule has 100 valence electrons. The lowest BCUT2D eigenvalue weighted by atomic mass is 10.1. The normalized spacial score (nSPS) is 13.6. The second kappa shape index (κ2) is 6.47. The van der Waals surface area contributed by atoms with Gasteiger partial charge in [0.1, 0.15) is 11.6 Å². The predicted octanol–water partition coefficient (Wildman–Crippen LogP) is 4.22. The largest absolute Gasteiger partial charge is 0.324 e. The van der Waals surface area contributed by atoms with Gasteiger partial charge in [0.2, 0.25) is 5.91 Å². The van der Waals surface area contributed by atoms with E-state index in [9.17, 15) is 13.6 Å². The molecule has 0 aliphatic heterocycles. The van der Waals surface area contributed by atoms with E-state index in [1.54, 1.807) is 6.92 Å². The summed E-state index contributed by atoms with van der Waals surface area (Å²) < 4.78 is 27.1. The minimum Gasteiger partial charge on any atom is -0.324 e. The van der Waals surface area contributed by atoms with Crippen molar-refractivity contribution in [3.63, 3.8) is 0 Å². The molecule has 1 aliphatic carbocycles. The Hall–Kier alpha value is -1.45. The number of amides is 1. The molecule has 0 spiro atoms. The van der Waals surface area contributed by atoms with Crippen molar-refractivity contribution in [3.8, 4) is 0 Å². The van der Waals surface area contributed by atoms with Gasteiger partial charge in [-0.1, -0.05) is 20.8 Å². The van der Waals surface area contributed by atoms with Crippen LogP contribution in [0.2, 0.25) is 0 Å². The Kier molecular flexibility index (Phi) is 5.25. The van der Waals surface area contributed by atoms with E-state index in [1.807, 2.05) is 13.8 Å². The molecule has 18 heavy (non-hydrogen) atoms. The zero-order valence-electron chi connectivity index (χ0n) is 11.0. The van der Waals surface area contributed by atoms with E-state index in [2.05, 4.69) is 5.32 Å². The van der Waals surface area contributed by atoms with E-state index >= 15 is 0 Å². The molecule has 0 atom stereocenters. The standard InChI is InChI=1S/C12H13F2NO.C2H6/c1-2-12(16)15-11-6-9(13)8(5-10(11)14)7-3-4-7;1-2/h5-7H,2-4H2,1H3,(H,15,16);1-2H3. The van der Waals surface area contributed by atoms with Crippen LogP contribution in [0.15, 0.2) is 12.1 Å². The first-order chi connectivity index (χ1) is 8.61. The van der Waals surface area contributed by atoms with E-state index in [1.165, 1.54) is 6.07 Å². The topological polar surface area (TPSA) is 29.1 Å². The summed E-state index contributed by atoms with van der Waals surface area (Å²) in [7, 11) is 0. The molecule has 1 aromatic carbocycles. The monoisotopic (exact) mass is 255 g/mol. The molecule has 0 aromatic heterocycles. The van der Waals surface area contributed by atoms with Crippen LogP contribution < -0.4 is 5.32 Å². The van der Waals surface area contributed by atoms with Crippen molar-refractivity contribution in [1.29, 1.82) is 0 Å². The highest BCUT2D eigenvalue weighted by atomic mass is 19.1. The molecule has 0 saturated heterocycles. The minimum absolute atomic E-state index is 0.0752. The summed E-state index contributed by atoms with van der Waals surface area (Å²) >= 11 is 0. The Balaban J connectivity index is 0.000000771. The van der Waals surface area contributed by atoms with Crippen LogP contribution in [0.25, 0.3) is 0 Å². The van der Waals surface area contributed by atoms with Gasteiger partial charge in [-0.25, -0.2) is 8.78 Å². The average molecular weight is 255 g/mol. The summed E-state index contributed by atoms with van der Waals surface area (Å²) in [5.41, 5.74) is 0.348. The fraction of sp³-hybridized carbons (Fsp3) is 0.500. The predicted molar refractivity (Wildman–Crippen MR) is 68.6 cm³/mol. The highest BCUT2D eigenvalue weighted by molar-refractivity contribution is 5.90. The number of hydrogen-bond donors (Lipinski definition) is 1. The minimum atomic E-state index is -0.565. The van der Waals surface area contributed by atoms with Gasteiger partial charge in [0.15, 0.2) is 0 Å². The molecule has 1 N–H and O–H groups in total. The number of carbonyl (C=O) groups is 1. The van der Waals surface area contributed by atoms with E-state index < -0.39 is 11.6 Å². The van der Waals surface area contributed by atoms with Crippen LogP contribution in [0.3, 0.4) is 0 Å². The lowest BCUT2D eigenvalue weighted by Gasteiger charge is -2.08. The van der Waals surface area contributed by atoms with Crippen molar-refractivity contribution in [1.82, 2.24) is 0 Å². The molecular formula is C14H19F2NO. The van der Waals surface area contributed by atoms with Crippen LogP contribution in [0, 0.1) is 11.6 Å². The van der Waals surface area contributed by atoms with Gasteiger partial charge in [-0.15, -0.1) is 0 Å². The molecule has 0 radical (unpaired) electrons. The Bertz CT molecular complexity index is 428. The Morgan fingerprint density at radius 1 is 1.28 bits per heavy atom. The third-order valence-corrected chi connectivity index (χ3v) is 2.70. The second-order valence-corrected chi connectivity index (χ2v) is 4.03. The van der Waals surface area contributed by atoms with E-state index in [0.29, 0.717) is 5.56 Å². The maximum Gasteiger partial charge on any atom is 0.224 e. The molecule has 1 fully saturated rings. The maximum atomic E-state index is 13.6. The molecular weight excluding hydrogens is 236 g/mol. The molecule has 4 heteroatoms. The van der Waals surface area contributed by atoms with Crippen LogP contribution in [0.4, 0.5) is 14.5 Å². The highest BCUT2D eigenvalue weighted by Gasteiger charge is 2.27. The summed E-state index contributed by atoms with van der Waals surface area (Å²) in [6.45, 7) is 5.65. The fourth-order valence-electron chi connectivity index (χ4n) is 1.60. The Labute approximate surface area is 106 Å². The van der Waals surface area contributed by atoms with Gasteiger partial charge >= 0.3 is 0 Å². The molecule has 0 heterocycles. The number of rotatable bonds is 3. The Morgan fingerprint density at radius 3 is 2.39 bits per heavy atom. The number of benzene rings is 1. The van der Waals surface area contributed by atoms with Crippen LogP contribution >= 0.6 is 0 Å². The number of halogens is 2. The van der Waals surface area contributed by atoms with Crippen molar-refractivity contribution in [2.24, 2.45) is 0 Å². The molecule has 0 bridgehead atoms. The lowest BCUT2D eigenvalue weighted by molar-refractivity contribution is -0.115. The van der Waals surface area contributed by atoms with Crippen LogP contribution in [0.1, 0.15) is 51.5 Å². The second-order valence-electron chi connectivity index (χ2n) is 4.03. The van der Waals surface area contributed by atoms with Crippen molar-refractivity contribution in [3.05, 3.63) is 29.3 Å². The van der Waals surface area contributed by atoms with Crippen molar-refractivity contribution >= 4 is 11.6 Å². The molecule has 2 nitrogen and oxygen atoms in total. The first-order valence-corrected chi connectivity index (χ1v) is 6.40. The number of anilines is 1. The fourth-order valence-corrected chi connectivity index (χ4v) is 1.60. The zero-order chi connectivity index (χ0) is 13.7. The molecule has 2 rings (SSSR count). The quantitative estimate of drug-likeness (QED) is 0.861. The summed E-state index contributed by atoms with van der Waals surface area (Å²) in [4.78, 5) is 11.1. The van der Waals surface area contributed by atoms with Gasteiger partial charge in [0, 0.05) is 12.5 Å². The van der Waals surface area contributed by atoms with Crippen molar-refractivity contribution < 1.29 is 13.6 Å². The summed E-state index contributed by atoms with van der Waals surface area (Å²) in [5.74, 6) is -1.16. The summed E-state index contributed by atoms with van der Waals surface area (Å²) in [6, 6.07) is 2.26. The first-order valence-electron chi connectivity index (χ1n) is 6.40. The van der Waals surface area contributed by atoms with Crippen molar-refractivity contribution in [2.75, 3.05) is 5.32 Å². The number of carbonyl (C=O) groups excluding carboxylic acids is 1. The molecule has 1 aliphatic rings. The van der Waals surface area contributed by atoms with Crippen LogP contribution in [-0.2, 0) is 4.79 Å². The number of nitrogens with one attached hydrogen (secondary N) is 1. The number of hydrogen-bond acceptors (Lipinski definition) is 1. The third kappa shape index (κ3) is 3.52. The van der Waals surface area contributed by atoms with E-state index in [-0.39, 0.29) is 23.9 Å². The molecule has 1 aromatic rings. The highest BCUT2D eigenvalue weighted by Crippen LogP contribution is 2.42. The van der Waals surface area contributed by atoms with Crippen LogP contribution in [-0.4, -0.2) is 5.91 Å². The lowest BCUT2D eigenvalue weighted by Crippen LogP contribution is -2.11. The summed E-state index contributed by atoms with van der Waals surface area (Å²) in [5, 5.41) is 2.33. The molecule has 1 amide bonds. The van der Waals surface area contributed by atoms with Crippen LogP contribution in [0.5, 0.6) is 0 Å². The van der Waals surface area contributed by atoms with Gasteiger partial charge in [-0.05, 0) is 30.4 Å². The Morgan fingerprint density at radius 2 is 1.89 bits per heavy atom.